The molecule has 2 nitrogen and oxygen atoms in total. The van der Waals surface area contributed by atoms with Crippen LogP contribution >= 0.6 is 0 Å². The summed E-state index contributed by atoms with van der Waals surface area (Å²) in [4.78, 5) is 0. The van der Waals surface area contributed by atoms with Crippen LogP contribution in [0.15, 0.2) is 24.3 Å². The minimum absolute atomic E-state index is 0.389. The van der Waals surface area contributed by atoms with Gasteiger partial charge in [0.2, 0.25) is 0 Å². The average Bonchev–Trinajstić information content (AvgIpc) is 1.90. The Morgan fingerprint density at radius 2 is 1.30 bits per heavy atom. The normalized spacial score (nSPS) is 33.4. The lowest BCUT2D eigenvalue weighted by Crippen LogP contribution is -2.10. The van der Waals surface area contributed by atoms with E-state index in [1.807, 2.05) is 0 Å². The molecule has 0 radical (unpaired) electrons. The van der Waals surface area contributed by atoms with E-state index in [0.717, 1.165) is 0 Å². The molecule has 1 aliphatic carbocycles. The zero-order valence-corrected chi connectivity index (χ0v) is 5.77. The third kappa shape index (κ3) is 2.33. The Morgan fingerprint density at radius 3 is 1.70 bits per heavy atom. The molecule has 0 heterocycles. The van der Waals surface area contributed by atoms with Gasteiger partial charge in [0.15, 0.2) is 0 Å². The summed E-state index contributed by atoms with van der Waals surface area (Å²) in [6, 6.07) is 0. The van der Waals surface area contributed by atoms with Crippen LogP contribution in [0.3, 0.4) is 0 Å². The van der Waals surface area contributed by atoms with Gasteiger partial charge in [0, 0.05) is 0 Å². The van der Waals surface area contributed by atoms with Gasteiger partial charge in [-0.1, -0.05) is 24.3 Å². The lowest BCUT2D eigenvalue weighted by atomic mass is 10.1. The monoisotopic (exact) mass is 140 g/mol. The van der Waals surface area contributed by atoms with Gasteiger partial charge in [-0.05, 0) is 12.8 Å². The molecule has 0 aromatic rings. The first-order valence-electron chi connectivity index (χ1n) is 3.50. The van der Waals surface area contributed by atoms with E-state index in [4.69, 9.17) is 10.2 Å². The summed E-state index contributed by atoms with van der Waals surface area (Å²) in [5, 5.41) is 18.2. The third-order valence-corrected chi connectivity index (χ3v) is 1.54. The summed E-state index contributed by atoms with van der Waals surface area (Å²) in [6.07, 6.45) is 7.47. The highest BCUT2D eigenvalue weighted by Crippen LogP contribution is 2.06. The maximum absolute atomic E-state index is 9.10. The fourth-order valence-corrected chi connectivity index (χ4v) is 0.919. The molecule has 0 fully saturated rings. The van der Waals surface area contributed by atoms with E-state index in [0.29, 0.717) is 12.8 Å². The quantitative estimate of drug-likeness (QED) is 0.517. The van der Waals surface area contributed by atoms with E-state index in [1.54, 1.807) is 24.3 Å². The van der Waals surface area contributed by atoms with Gasteiger partial charge in [-0.15, -0.1) is 0 Å². The van der Waals surface area contributed by atoms with Crippen LogP contribution < -0.4 is 0 Å². The van der Waals surface area contributed by atoms with E-state index in [9.17, 15) is 0 Å². The molecule has 0 aliphatic heterocycles. The van der Waals surface area contributed by atoms with Crippen LogP contribution in [0.4, 0.5) is 0 Å². The van der Waals surface area contributed by atoms with Crippen LogP contribution in [-0.4, -0.2) is 22.4 Å². The number of aliphatic hydroxyl groups excluding tert-OH is 2. The second-order valence-electron chi connectivity index (χ2n) is 2.48. The minimum Gasteiger partial charge on any atom is -0.389 e. The van der Waals surface area contributed by atoms with Gasteiger partial charge in [0.25, 0.3) is 0 Å². The van der Waals surface area contributed by atoms with Gasteiger partial charge in [0.05, 0.1) is 12.2 Å². The van der Waals surface area contributed by atoms with E-state index in [-0.39, 0.29) is 12.2 Å². The number of aliphatic hydroxyl groups is 2. The van der Waals surface area contributed by atoms with Crippen molar-refractivity contribution in [2.75, 3.05) is 0 Å². The topological polar surface area (TPSA) is 40.5 Å². The molecule has 0 saturated heterocycles. The van der Waals surface area contributed by atoms with E-state index in [1.165, 1.54) is 0 Å². The molecule has 1 rings (SSSR count). The highest BCUT2D eigenvalue weighted by molar-refractivity contribution is 5.08. The molecule has 0 unspecified atom stereocenters. The van der Waals surface area contributed by atoms with Gasteiger partial charge in [-0.2, -0.15) is 0 Å². The number of hydrogen-bond acceptors (Lipinski definition) is 2. The Hall–Kier alpha value is -0.600. The van der Waals surface area contributed by atoms with Gasteiger partial charge in [-0.3, -0.25) is 0 Å². The molecule has 0 amide bonds. The van der Waals surface area contributed by atoms with Gasteiger partial charge in [0.1, 0.15) is 0 Å². The maximum atomic E-state index is 9.10. The molecule has 0 aromatic carbocycles. The average molecular weight is 140 g/mol. The predicted octanol–water partition coefficient (Wildman–Crippen LogP) is 0.614. The van der Waals surface area contributed by atoms with E-state index in [2.05, 4.69) is 0 Å². The number of rotatable bonds is 0. The molecule has 56 valence electrons. The lowest BCUT2D eigenvalue weighted by molar-refractivity contribution is 0.161. The number of hydrogen-bond donors (Lipinski definition) is 2. The van der Waals surface area contributed by atoms with Crippen molar-refractivity contribution in [1.82, 2.24) is 0 Å². The van der Waals surface area contributed by atoms with Crippen molar-refractivity contribution in [2.45, 2.75) is 25.0 Å². The summed E-state index contributed by atoms with van der Waals surface area (Å²) in [5.41, 5.74) is 0. The van der Waals surface area contributed by atoms with Crippen molar-refractivity contribution in [3.05, 3.63) is 24.3 Å². The van der Waals surface area contributed by atoms with Crippen LogP contribution in [-0.2, 0) is 0 Å². The van der Waals surface area contributed by atoms with Crippen molar-refractivity contribution < 1.29 is 10.2 Å². The fourth-order valence-electron chi connectivity index (χ4n) is 0.919. The summed E-state index contributed by atoms with van der Waals surface area (Å²) in [7, 11) is 0. The highest BCUT2D eigenvalue weighted by Gasteiger charge is 2.04. The van der Waals surface area contributed by atoms with Crippen molar-refractivity contribution in [1.29, 1.82) is 0 Å². The molecule has 1 aliphatic rings. The first-order chi connectivity index (χ1) is 4.79. The Labute approximate surface area is 60.5 Å². The van der Waals surface area contributed by atoms with Crippen LogP contribution in [0.25, 0.3) is 0 Å². The second-order valence-corrected chi connectivity index (χ2v) is 2.48. The Morgan fingerprint density at radius 1 is 0.900 bits per heavy atom. The molecule has 0 spiro atoms. The smallest absolute Gasteiger partial charge is 0.0725 e. The summed E-state index contributed by atoms with van der Waals surface area (Å²) < 4.78 is 0. The van der Waals surface area contributed by atoms with Crippen molar-refractivity contribution in [2.24, 2.45) is 0 Å². The Balaban J connectivity index is 2.52. The predicted molar refractivity (Wildman–Crippen MR) is 39.5 cm³/mol. The molecular weight excluding hydrogens is 128 g/mol. The SMILES string of the molecule is O[C@@H]1C=CC=C[C@H](O)CC1. The summed E-state index contributed by atoms with van der Waals surface area (Å²) in [5.74, 6) is 0. The maximum Gasteiger partial charge on any atom is 0.0725 e. The van der Waals surface area contributed by atoms with Crippen LogP contribution in [0.5, 0.6) is 0 Å². The molecular formula is C8H12O2. The zero-order chi connectivity index (χ0) is 7.40. The van der Waals surface area contributed by atoms with Crippen LogP contribution in [0, 0.1) is 0 Å². The summed E-state index contributed by atoms with van der Waals surface area (Å²) in [6.45, 7) is 0. The molecule has 0 bridgehead atoms. The van der Waals surface area contributed by atoms with Crippen LogP contribution in [0.2, 0.25) is 0 Å². The van der Waals surface area contributed by atoms with E-state index >= 15 is 0 Å². The zero-order valence-electron chi connectivity index (χ0n) is 5.77. The standard InChI is InChI=1S/C8H12O2/c9-7-3-1-2-4-8(10)6-5-7/h1-4,7-10H,5-6H2/t7-,8+. The summed E-state index contributed by atoms with van der Waals surface area (Å²) >= 11 is 0. The lowest BCUT2D eigenvalue weighted by Gasteiger charge is -2.09. The largest absolute Gasteiger partial charge is 0.389 e. The molecule has 10 heavy (non-hydrogen) atoms. The fraction of sp³-hybridized carbons (Fsp3) is 0.500. The first kappa shape index (κ1) is 7.51. The third-order valence-electron chi connectivity index (χ3n) is 1.54. The molecule has 2 atom stereocenters. The Kier molecular flexibility index (Phi) is 2.66. The molecule has 2 N–H and O–H groups in total. The molecule has 0 aromatic heterocycles. The van der Waals surface area contributed by atoms with Crippen molar-refractivity contribution in [3.63, 3.8) is 0 Å². The molecule has 0 saturated carbocycles. The second kappa shape index (κ2) is 3.54. The first-order valence-corrected chi connectivity index (χ1v) is 3.50. The van der Waals surface area contributed by atoms with Crippen LogP contribution in [0.1, 0.15) is 12.8 Å². The van der Waals surface area contributed by atoms with Crippen molar-refractivity contribution in [3.8, 4) is 0 Å². The highest BCUT2D eigenvalue weighted by atomic mass is 16.3. The van der Waals surface area contributed by atoms with Crippen molar-refractivity contribution >= 4 is 0 Å². The van der Waals surface area contributed by atoms with E-state index < -0.39 is 0 Å². The van der Waals surface area contributed by atoms with Gasteiger partial charge in [-0.25, -0.2) is 0 Å². The Bertz CT molecular complexity index is 131. The van der Waals surface area contributed by atoms with Gasteiger partial charge >= 0.3 is 0 Å². The molecule has 2 heteroatoms. The van der Waals surface area contributed by atoms with Gasteiger partial charge < -0.3 is 10.2 Å². The minimum atomic E-state index is -0.389. The number of allylic oxidation sites excluding steroid dienone is 2.